The summed E-state index contributed by atoms with van der Waals surface area (Å²) < 4.78 is 0. The molecule has 5 heterocycles. The van der Waals surface area contributed by atoms with Crippen LogP contribution in [0.15, 0.2) is 12.4 Å². The Labute approximate surface area is 182 Å². The Hall–Kier alpha value is -1.38. The van der Waals surface area contributed by atoms with Gasteiger partial charge in [0.15, 0.2) is 0 Å². The minimum atomic E-state index is 0. The third kappa shape index (κ3) is 3.15. The van der Waals surface area contributed by atoms with E-state index in [4.69, 9.17) is 0 Å². The average Bonchev–Trinajstić information content (AvgIpc) is 3.07. The van der Waals surface area contributed by atoms with Gasteiger partial charge < -0.3 is 15.1 Å². The monoisotopic (exact) mass is 431 g/mol. The smallest absolute Gasteiger partial charge is 0.239 e. The maximum absolute atomic E-state index is 12.9. The van der Waals surface area contributed by atoms with Crippen LogP contribution in [0.5, 0.6) is 0 Å². The number of aromatic nitrogens is 2. The molecular formula is C21H29N5OS2. The second-order valence-electron chi connectivity index (χ2n) is 9.49. The summed E-state index contributed by atoms with van der Waals surface area (Å²) in [4.78, 5) is 29.0. The van der Waals surface area contributed by atoms with Gasteiger partial charge in [-0.3, -0.25) is 4.79 Å². The number of nitrogens with one attached hydrogen (secondary N) is 1. The zero-order valence-corrected chi connectivity index (χ0v) is 18.7. The van der Waals surface area contributed by atoms with Gasteiger partial charge in [0.25, 0.3) is 0 Å². The first-order valence-electron chi connectivity index (χ1n) is 10.6. The molecule has 156 valence electrons. The van der Waals surface area contributed by atoms with E-state index < -0.39 is 0 Å². The summed E-state index contributed by atoms with van der Waals surface area (Å²) in [6.45, 7) is 7.07. The van der Waals surface area contributed by atoms with Gasteiger partial charge in [0.05, 0.1) is 11.4 Å². The SMILES string of the molecule is CCc1cc2c(N3CCC4(CN(C(=O)[C@@H]5CC6(CC6)CN5)C4)C3)ncnc2s1.S. The molecule has 1 atom stereocenters. The first-order valence-corrected chi connectivity index (χ1v) is 11.4. The van der Waals surface area contributed by atoms with Crippen molar-refractivity contribution in [1.82, 2.24) is 20.2 Å². The Morgan fingerprint density at radius 2 is 2.07 bits per heavy atom. The van der Waals surface area contributed by atoms with Crippen LogP contribution in [0.1, 0.15) is 37.5 Å². The van der Waals surface area contributed by atoms with Gasteiger partial charge in [0.1, 0.15) is 17.0 Å². The minimum absolute atomic E-state index is 0. The number of likely N-dealkylation sites (tertiary alicyclic amines) is 1. The quantitative estimate of drug-likeness (QED) is 0.809. The van der Waals surface area contributed by atoms with Crippen molar-refractivity contribution >= 4 is 46.8 Å². The predicted octanol–water partition coefficient (Wildman–Crippen LogP) is 2.55. The number of rotatable bonds is 3. The van der Waals surface area contributed by atoms with Crippen molar-refractivity contribution in [3.8, 4) is 0 Å². The summed E-state index contributed by atoms with van der Waals surface area (Å²) in [6.07, 6.45) is 7.55. The molecule has 1 N–H and O–H groups in total. The molecule has 2 aromatic rings. The Balaban J connectivity index is 0.00000181. The van der Waals surface area contributed by atoms with E-state index in [0.717, 1.165) is 62.6 Å². The number of aryl methyl sites for hydroxylation is 1. The number of carbonyl (C=O) groups excluding carboxylic acids is 1. The highest BCUT2D eigenvalue weighted by Crippen LogP contribution is 2.52. The fourth-order valence-corrected chi connectivity index (χ4v) is 6.41. The first kappa shape index (κ1) is 19.6. The van der Waals surface area contributed by atoms with Gasteiger partial charge >= 0.3 is 0 Å². The van der Waals surface area contributed by atoms with Crippen molar-refractivity contribution < 1.29 is 4.79 Å². The number of carbonyl (C=O) groups is 1. The molecule has 0 bridgehead atoms. The number of fused-ring (bicyclic) bond motifs is 1. The molecule has 3 aliphatic heterocycles. The number of nitrogens with zero attached hydrogens (tertiary/aromatic N) is 4. The third-order valence-corrected chi connectivity index (χ3v) is 8.61. The second kappa shape index (κ2) is 6.82. The second-order valence-corrected chi connectivity index (χ2v) is 10.6. The van der Waals surface area contributed by atoms with E-state index in [-0.39, 0.29) is 25.0 Å². The average molecular weight is 432 g/mol. The summed E-state index contributed by atoms with van der Waals surface area (Å²) in [5.74, 6) is 1.42. The number of hydrogen-bond donors (Lipinski definition) is 1. The minimum Gasteiger partial charge on any atom is -0.355 e. The summed E-state index contributed by atoms with van der Waals surface area (Å²) in [5, 5.41) is 4.68. The molecule has 1 aliphatic carbocycles. The molecule has 0 aromatic carbocycles. The van der Waals surface area contributed by atoms with Crippen LogP contribution in [0.3, 0.4) is 0 Å². The molecule has 6 rings (SSSR count). The molecule has 0 unspecified atom stereocenters. The van der Waals surface area contributed by atoms with Gasteiger partial charge in [-0.05, 0) is 43.6 Å². The highest BCUT2D eigenvalue weighted by Gasteiger charge is 2.54. The van der Waals surface area contributed by atoms with E-state index >= 15 is 0 Å². The first-order chi connectivity index (χ1) is 13.6. The molecule has 1 saturated carbocycles. The van der Waals surface area contributed by atoms with E-state index in [1.54, 1.807) is 17.7 Å². The molecular weight excluding hydrogens is 402 g/mol. The fraction of sp³-hybridized carbons (Fsp3) is 0.667. The normalized spacial score (nSPS) is 26.2. The summed E-state index contributed by atoms with van der Waals surface area (Å²) in [5.41, 5.74) is 0.732. The lowest BCUT2D eigenvalue weighted by molar-refractivity contribution is -0.144. The maximum atomic E-state index is 12.9. The Morgan fingerprint density at radius 1 is 1.24 bits per heavy atom. The molecule has 29 heavy (non-hydrogen) atoms. The van der Waals surface area contributed by atoms with Gasteiger partial charge in [-0.2, -0.15) is 13.5 Å². The van der Waals surface area contributed by atoms with Crippen LogP contribution < -0.4 is 10.2 Å². The largest absolute Gasteiger partial charge is 0.355 e. The molecule has 6 nitrogen and oxygen atoms in total. The van der Waals surface area contributed by atoms with Crippen molar-refractivity contribution in [2.75, 3.05) is 37.6 Å². The standard InChI is InChI=1S/C21H27N5OS.H2S/c1-2-14-7-15-17(23-13-24-18(15)28-14)25-6-5-21(10-25)11-26(12-21)19(27)16-8-20(3-4-20)9-22-16;/h7,13,16,22H,2-6,8-12H2,1H3;1H2/t16-;/m0./s1. The molecule has 4 fully saturated rings. The Kier molecular flexibility index (Phi) is 4.60. The molecule has 1 amide bonds. The Bertz CT molecular complexity index is 950. The third-order valence-electron chi connectivity index (χ3n) is 7.43. The topological polar surface area (TPSA) is 61.4 Å². The lowest BCUT2D eigenvalue weighted by Crippen LogP contribution is -2.62. The highest BCUT2D eigenvalue weighted by molar-refractivity contribution is 7.59. The fourth-order valence-electron chi connectivity index (χ4n) is 5.48. The van der Waals surface area contributed by atoms with Gasteiger partial charge in [-0.1, -0.05) is 6.92 Å². The molecule has 0 radical (unpaired) electrons. The predicted molar refractivity (Wildman–Crippen MR) is 121 cm³/mol. The zero-order chi connectivity index (χ0) is 18.9. The number of amides is 1. The number of hydrogen-bond acceptors (Lipinski definition) is 6. The molecule has 2 spiro atoms. The van der Waals surface area contributed by atoms with Crippen LogP contribution in [0.4, 0.5) is 5.82 Å². The lowest BCUT2D eigenvalue weighted by Gasteiger charge is -2.48. The van der Waals surface area contributed by atoms with Crippen LogP contribution in [0.2, 0.25) is 0 Å². The van der Waals surface area contributed by atoms with E-state index in [0.29, 0.717) is 11.3 Å². The zero-order valence-electron chi connectivity index (χ0n) is 16.9. The van der Waals surface area contributed by atoms with Gasteiger partial charge in [0.2, 0.25) is 5.91 Å². The molecule has 2 aromatic heterocycles. The van der Waals surface area contributed by atoms with Crippen molar-refractivity contribution in [3.63, 3.8) is 0 Å². The van der Waals surface area contributed by atoms with E-state index in [1.807, 2.05) is 0 Å². The van der Waals surface area contributed by atoms with Gasteiger partial charge in [-0.25, -0.2) is 9.97 Å². The molecule has 4 aliphatic rings. The van der Waals surface area contributed by atoms with Crippen molar-refractivity contribution in [3.05, 3.63) is 17.3 Å². The molecule has 8 heteroatoms. The summed E-state index contributed by atoms with van der Waals surface area (Å²) in [7, 11) is 0. The van der Waals surface area contributed by atoms with Crippen molar-refractivity contribution in [1.29, 1.82) is 0 Å². The highest BCUT2D eigenvalue weighted by atomic mass is 32.1. The van der Waals surface area contributed by atoms with Crippen LogP contribution in [-0.2, 0) is 11.2 Å². The van der Waals surface area contributed by atoms with Crippen LogP contribution >= 0.6 is 24.8 Å². The van der Waals surface area contributed by atoms with Gasteiger partial charge in [0, 0.05) is 43.0 Å². The Morgan fingerprint density at radius 3 is 2.79 bits per heavy atom. The lowest BCUT2D eigenvalue weighted by atomic mass is 9.78. The maximum Gasteiger partial charge on any atom is 0.239 e. The van der Waals surface area contributed by atoms with E-state index in [2.05, 4.69) is 38.1 Å². The number of thiophene rings is 1. The van der Waals surface area contributed by atoms with E-state index in [1.165, 1.54) is 23.1 Å². The van der Waals surface area contributed by atoms with Crippen molar-refractivity contribution in [2.24, 2.45) is 10.8 Å². The van der Waals surface area contributed by atoms with Crippen LogP contribution in [0.25, 0.3) is 10.2 Å². The summed E-state index contributed by atoms with van der Waals surface area (Å²) >= 11 is 1.78. The van der Waals surface area contributed by atoms with Crippen LogP contribution in [-0.4, -0.2) is 59.5 Å². The molecule has 3 saturated heterocycles. The number of anilines is 1. The van der Waals surface area contributed by atoms with E-state index in [9.17, 15) is 4.79 Å². The van der Waals surface area contributed by atoms with Gasteiger partial charge in [-0.15, -0.1) is 11.3 Å². The summed E-state index contributed by atoms with van der Waals surface area (Å²) in [6, 6.07) is 2.33. The van der Waals surface area contributed by atoms with Crippen molar-refractivity contribution in [2.45, 2.75) is 45.1 Å². The van der Waals surface area contributed by atoms with Crippen LogP contribution in [0, 0.1) is 10.8 Å².